The zero-order valence-corrected chi connectivity index (χ0v) is 5.79. The van der Waals surface area contributed by atoms with Crippen molar-refractivity contribution in [1.29, 1.82) is 0 Å². The number of hydrogen-bond acceptors (Lipinski definition) is 2. The van der Waals surface area contributed by atoms with E-state index < -0.39 is 6.10 Å². The normalized spacial score (nSPS) is 14.1. The van der Waals surface area contributed by atoms with Crippen molar-refractivity contribution < 1.29 is 9.90 Å². The Morgan fingerprint density at radius 1 is 1.78 bits per heavy atom. The Balaban J connectivity index is 3.57. The predicted molar refractivity (Wildman–Crippen MR) is 36.1 cm³/mol. The van der Waals surface area contributed by atoms with E-state index in [2.05, 4.69) is 0 Å². The Morgan fingerprint density at radius 2 is 2.33 bits per heavy atom. The molecule has 0 unspecified atom stereocenters. The summed E-state index contributed by atoms with van der Waals surface area (Å²) in [6.07, 6.45) is 2.88. The standard InChI is InChI=1S/C7H12O2/c1-3-7(9)5-4-6(2)8/h4-6,8H,3H2,1-2H3/b5-4+/t6-/m0/s1. The summed E-state index contributed by atoms with van der Waals surface area (Å²) < 4.78 is 0. The minimum atomic E-state index is -0.513. The van der Waals surface area contributed by atoms with Crippen molar-refractivity contribution in [2.45, 2.75) is 26.4 Å². The van der Waals surface area contributed by atoms with E-state index in [1.807, 2.05) is 0 Å². The first-order valence-electron chi connectivity index (χ1n) is 3.06. The van der Waals surface area contributed by atoms with Gasteiger partial charge in [0, 0.05) is 6.42 Å². The molecule has 0 bridgehead atoms. The minimum absolute atomic E-state index is 0.0518. The summed E-state index contributed by atoms with van der Waals surface area (Å²) in [5.41, 5.74) is 0. The highest BCUT2D eigenvalue weighted by atomic mass is 16.3. The average Bonchev–Trinajstić information content (AvgIpc) is 1.83. The first kappa shape index (κ1) is 8.37. The van der Waals surface area contributed by atoms with E-state index in [1.165, 1.54) is 12.2 Å². The molecule has 0 fully saturated rings. The maximum absolute atomic E-state index is 10.5. The lowest BCUT2D eigenvalue weighted by Crippen LogP contribution is -1.95. The van der Waals surface area contributed by atoms with E-state index in [9.17, 15) is 4.79 Å². The summed E-state index contributed by atoms with van der Waals surface area (Å²) in [5.74, 6) is 0.0518. The summed E-state index contributed by atoms with van der Waals surface area (Å²) in [6.45, 7) is 3.40. The van der Waals surface area contributed by atoms with Crippen molar-refractivity contribution in [2.75, 3.05) is 0 Å². The van der Waals surface area contributed by atoms with Crippen LogP contribution in [0.25, 0.3) is 0 Å². The van der Waals surface area contributed by atoms with Gasteiger partial charge in [0.05, 0.1) is 6.10 Å². The van der Waals surface area contributed by atoms with Crippen LogP contribution in [0.1, 0.15) is 20.3 Å². The first-order valence-corrected chi connectivity index (χ1v) is 3.06. The van der Waals surface area contributed by atoms with Crippen LogP contribution < -0.4 is 0 Å². The molecule has 0 aromatic heterocycles. The molecule has 0 heterocycles. The van der Waals surface area contributed by atoms with E-state index in [1.54, 1.807) is 13.8 Å². The quantitative estimate of drug-likeness (QED) is 0.573. The molecule has 1 atom stereocenters. The van der Waals surface area contributed by atoms with E-state index >= 15 is 0 Å². The molecule has 2 nitrogen and oxygen atoms in total. The van der Waals surface area contributed by atoms with Gasteiger partial charge in [0.2, 0.25) is 0 Å². The number of carbonyl (C=O) groups excluding carboxylic acids is 1. The van der Waals surface area contributed by atoms with Gasteiger partial charge in [0.15, 0.2) is 5.78 Å². The average molecular weight is 128 g/mol. The third kappa shape index (κ3) is 5.24. The molecule has 0 spiro atoms. The third-order valence-corrected chi connectivity index (χ3v) is 0.909. The highest BCUT2D eigenvalue weighted by Gasteiger charge is 1.90. The van der Waals surface area contributed by atoms with Crippen molar-refractivity contribution in [2.24, 2.45) is 0 Å². The molecule has 2 heteroatoms. The summed E-state index contributed by atoms with van der Waals surface area (Å²) in [6, 6.07) is 0. The number of ketones is 1. The predicted octanol–water partition coefficient (Wildman–Crippen LogP) is 0.902. The van der Waals surface area contributed by atoms with Crippen LogP contribution in [-0.4, -0.2) is 17.0 Å². The monoisotopic (exact) mass is 128 g/mol. The summed E-state index contributed by atoms with van der Waals surface area (Å²) >= 11 is 0. The highest BCUT2D eigenvalue weighted by Crippen LogP contribution is 1.86. The van der Waals surface area contributed by atoms with Crippen LogP contribution in [0, 0.1) is 0 Å². The van der Waals surface area contributed by atoms with Gasteiger partial charge < -0.3 is 5.11 Å². The van der Waals surface area contributed by atoms with Gasteiger partial charge in [-0.3, -0.25) is 4.79 Å². The van der Waals surface area contributed by atoms with Gasteiger partial charge in [-0.2, -0.15) is 0 Å². The molecular formula is C7H12O2. The molecule has 0 amide bonds. The second kappa shape index (κ2) is 4.27. The van der Waals surface area contributed by atoms with Crippen LogP contribution in [-0.2, 0) is 4.79 Å². The second-order valence-electron chi connectivity index (χ2n) is 1.92. The zero-order chi connectivity index (χ0) is 7.28. The maximum atomic E-state index is 10.5. The highest BCUT2D eigenvalue weighted by molar-refractivity contribution is 5.89. The molecule has 0 aromatic rings. The molecule has 0 rings (SSSR count). The van der Waals surface area contributed by atoms with E-state index in [0.717, 1.165) is 0 Å². The lowest BCUT2D eigenvalue weighted by molar-refractivity contribution is -0.114. The van der Waals surface area contributed by atoms with Crippen molar-refractivity contribution in [3.8, 4) is 0 Å². The first-order chi connectivity index (χ1) is 4.16. The van der Waals surface area contributed by atoms with Gasteiger partial charge in [0.1, 0.15) is 0 Å². The number of hydrogen-bond donors (Lipinski definition) is 1. The topological polar surface area (TPSA) is 37.3 Å². The zero-order valence-electron chi connectivity index (χ0n) is 5.79. The van der Waals surface area contributed by atoms with Crippen LogP contribution >= 0.6 is 0 Å². The second-order valence-corrected chi connectivity index (χ2v) is 1.92. The number of aliphatic hydroxyl groups excluding tert-OH is 1. The number of rotatable bonds is 3. The van der Waals surface area contributed by atoms with Crippen LogP contribution in [0.4, 0.5) is 0 Å². The molecule has 0 aliphatic heterocycles. The largest absolute Gasteiger partial charge is 0.389 e. The van der Waals surface area contributed by atoms with Crippen molar-refractivity contribution in [1.82, 2.24) is 0 Å². The third-order valence-electron chi connectivity index (χ3n) is 0.909. The number of carbonyl (C=O) groups is 1. The molecular weight excluding hydrogens is 116 g/mol. The molecule has 0 saturated heterocycles. The Hall–Kier alpha value is -0.630. The van der Waals surface area contributed by atoms with E-state index in [0.29, 0.717) is 6.42 Å². The smallest absolute Gasteiger partial charge is 0.155 e. The van der Waals surface area contributed by atoms with Gasteiger partial charge in [-0.25, -0.2) is 0 Å². The van der Waals surface area contributed by atoms with Gasteiger partial charge in [0.25, 0.3) is 0 Å². The molecule has 1 N–H and O–H groups in total. The van der Waals surface area contributed by atoms with E-state index in [-0.39, 0.29) is 5.78 Å². The summed E-state index contributed by atoms with van der Waals surface area (Å²) in [5, 5.41) is 8.66. The Labute approximate surface area is 55.2 Å². The summed E-state index contributed by atoms with van der Waals surface area (Å²) in [4.78, 5) is 10.5. The van der Waals surface area contributed by atoms with Crippen molar-refractivity contribution >= 4 is 5.78 Å². The molecule has 0 radical (unpaired) electrons. The van der Waals surface area contributed by atoms with Crippen molar-refractivity contribution in [3.63, 3.8) is 0 Å². The fraction of sp³-hybridized carbons (Fsp3) is 0.571. The van der Waals surface area contributed by atoms with Crippen LogP contribution in [0.15, 0.2) is 12.2 Å². The molecule has 0 saturated carbocycles. The Morgan fingerprint density at radius 3 is 2.67 bits per heavy atom. The maximum Gasteiger partial charge on any atom is 0.155 e. The van der Waals surface area contributed by atoms with Crippen LogP contribution in [0.3, 0.4) is 0 Å². The van der Waals surface area contributed by atoms with Gasteiger partial charge >= 0.3 is 0 Å². The number of allylic oxidation sites excluding steroid dienone is 1. The minimum Gasteiger partial charge on any atom is -0.389 e. The molecule has 9 heavy (non-hydrogen) atoms. The molecule has 0 aromatic carbocycles. The fourth-order valence-electron chi connectivity index (χ4n) is 0.364. The molecule has 0 aliphatic rings. The lowest BCUT2D eigenvalue weighted by atomic mass is 10.2. The van der Waals surface area contributed by atoms with Crippen LogP contribution in [0.5, 0.6) is 0 Å². The Kier molecular flexibility index (Phi) is 3.97. The lowest BCUT2D eigenvalue weighted by Gasteiger charge is -1.90. The van der Waals surface area contributed by atoms with Crippen LogP contribution in [0.2, 0.25) is 0 Å². The number of aliphatic hydroxyl groups is 1. The van der Waals surface area contributed by atoms with Gasteiger partial charge in [-0.05, 0) is 13.0 Å². The molecule has 0 aliphatic carbocycles. The summed E-state index contributed by atoms with van der Waals surface area (Å²) in [7, 11) is 0. The van der Waals surface area contributed by atoms with E-state index in [4.69, 9.17) is 5.11 Å². The SMILES string of the molecule is CCC(=O)/C=C/[C@H](C)O. The van der Waals surface area contributed by atoms with Gasteiger partial charge in [-0.1, -0.05) is 13.0 Å². The van der Waals surface area contributed by atoms with Gasteiger partial charge in [-0.15, -0.1) is 0 Å². The Bertz CT molecular complexity index is 114. The van der Waals surface area contributed by atoms with Crippen molar-refractivity contribution in [3.05, 3.63) is 12.2 Å². The fourth-order valence-corrected chi connectivity index (χ4v) is 0.364. The molecule has 52 valence electrons.